The first kappa shape index (κ1) is 19.3. The summed E-state index contributed by atoms with van der Waals surface area (Å²) in [5, 5.41) is 3.26. The lowest BCUT2D eigenvalue weighted by Crippen LogP contribution is -2.54. The predicted molar refractivity (Wildman–Crippen MR) is 108 cm³/mol. The van der Waals surface area contributed by atoms with E-state index in [2.05, 4.69) is 5.32 Å². The lowest BCUT2D eigenvalue weighted by molar-refractivity contribution is -0.151. The monoisotopic (exact) mass is 392 g/mol. The van der Waals surface area contributed by atoms with Gasteiger partial charge in [-0.2, -0.15) is 0 Å². The third-order valence-electron chi connectivity index (χ3n) is 6.09. The smallest absolute Gasteiger partial charge is 0.326 e. The molecule has 4 atom stereocenters. The fourth-order valence-electron chi connectivity index (χ4n) is 4.64. The molecule has 2 fully saturated rings. The quantitative estimate of drug-likeness (QED) is 0.642. The Morgan fingerprint density at radius 2 is 1.72 bits per heavy atom. The Morgan fingerprint density at radius 3 is 2.34 bits per heavy atom. The molecule has 0 saturated carbocycles. The second kappa shape index (κ2) is 6.81. The van der Waals surface area contributed by atoms with Gasteiger partial charge < -0.3 is 4.74 Å². The van der Waals surface area contributed by atoms with Crippen LogP contribution in [-0.2, 0) is 19.1 Å². The number of nitrogens with one attached hydrogen (secondary N) is 1. The van der Waals surface area contributed by atoms with E-state index in [9.17, 15) is 14.4 Å². The van der Waals surface area contributed by atoms with Crippen LogP contribution in [0, 0.1) is 25.7 Å². The Morgan fingerprint density at radius 1 is 1.03 bits per heavy atom. The summed E-state index contributed by atoms with van der Waals surface area (Å²) in [6, 6.07) is 14.5. The van der Waals surface area contributed by atoms with Gasteiger partial charge in [0.05, 0.1) is 24.6 Å². The first-order chi connectivity index (χ1) is 13.8. The first-order valence-corrected chi connectivity index (χ1v) is 9.65. The molecule has 2 saturated heterocycles. The van der Waals surface area contributed by atoms with Gasteiger partial charge in [-0.1, -0.05) is 47.5 Å². The van der Waals surface area contributed by atoms with Gasteiger partial charge in [0.25, 0.3) is 0 Å². The summed E-state index contributed by atoms with van der Waals surface area (Å²) in [5.74, 6) is -2.74. The molecule has 0 spiro atoms. The fraction of sp³-hybridized carbons (Fsp3) is 0.348. The number of ether oxygens (including phenoxy) is 1. The van der Waals surface area contributed by atoms with Crippen LogP contribution in [0.3, 0.4) is 0 Å². The molecular weight excluding hydrogens is 368 g/mol. The minimum atomic E-state index is -1.29. The number of imide groups is 1. The Bertz CT molecular complexity index is 1000. The largest absolute Gasteiger partial charge is 0.468 e. The molecule has 0 aliphatic carbocycles. The highest BCUT2D eigenvalue weighted by atomic mass is 16.5. The molecule has 0 bridgehead atoms. The van der Waals surface area contributed by atoms with E-state index in [-0.39, 0.29) is 11.8 Å². The zero-order valence-electron chi connectivity index (χ0n) is 16.9. The second-order valence-electron chi connectivity index (χ2n) is 8.08. The number of amides is 2. The number of carbonyl (C=O) groups excluding carboxylic acids is 3. The SMILES string of the molecule is COC(=O)[C@]1(C)N[C@H](c2cccc(C)c2)[C@@H]2C(=O)N(c3ccc(C)cc3)C(=O)[C@H]21. The van der Waals surface area contributed by atoms with Crippen LogP contribution in [0.5, 0.6) is 0 Å². The van der Waals surface area contributed by atoms with Gasteiger partial charge in [-0.3, -0.25) is 19.7 Å². The number of esters is 1. The summed E-state index contributed by atoms with van der Waals surface area (Å²) < 4.78 is 5.01. The van der Waals surface area contributed by atoms with E-state index >= 15 is 0 Å². The van der Waals surface area contributed by atoms with Crippen LogP contribution in [0.2, 0.25) is 0 Å². The number of anilines is 1. The van der Waals surface area contributed by atoms with Gasteiger partial charge in [0.2, 0.25) is 11.8 Å². The van der Waals surface area contributed by atoms with Crippen molar-refractivity contribution in [3.63, 3.8) is 0 Å². The van der Waals surface area contributed by atoms with Crippen LogP contribution < -0.4 is 10.2 Å². The van der Waals surface area contributed by atoms with Crippen molar-refractivity contribution in [2.75, 3.05) is 12.0 Å². The Labute approximate surface area is 169 Å². The van der Waals surface area contributed by atoms with Crippen LogP contribution in [0.1, 0.15) is 29.7 Å². The van der Waals surface area contributed by atoms with E-state index in [1.54, 1.807) is 19.1 Å². The van der Waals surface area contributed by atoms with Crippen molar-refractivity contribution >= 4 is 23.5 Å². The lowest BCUT2D eigenvalue weighted by atomic mass is 9.80. The maximum Gasteiger partial charge on any atom is 0.326 e. The van der Waals surface area contributed by atoms with Crippen molar-refractivity contribution in [1.82, 2.24) is 5.32 Å². The molecule has 0 unspecified atom stereocenters. The Kier molecular flexibility index (Phi) is 4.54. The highest BCUT2D eigenvalue weighted by Crippen LogP contribution is 2.50. The van der Waals surface area contributed by atoms with Crippen molar-refractivity contribution in [2.45, 2.75) is 32.4 Å². The van der Waals surface area contributed by atoms with E-state index in [1.165, 1.54) is 12.0 Å². The maximum absolute atomic E-state index is 13.5. The molecule has 2 amide bonds. The molecule has 29 heavy (non-hydrogen) atoms. The summed E-state index contributed by atoms with van der Waals surface area (Å²) in [6.07, 6.45) is 0. The fourth-order valence-corrected chi connectivity index (χ4v) is 4.64. The normalized spacial score (nSPS) is 28.6. The van der Waals surface area contributed by atoms with E-state index in [0.717, 1.165) is 16.7 Å². The van der Waals surface area contributed by atoms with Crippen LogP contribution in [0.15, 0.2) is 48.5 Å². The van der Waals surface area contributed by atoms with E-state index in [0.29, 0.717) is 5.69 Å². The molecule has 2 aromatic rings. The van der Waals surface area contributed by atoms with E-state index in [1.807, 2.05) is 50.2 Å². The van der Waals surface area contributed by atoms with E-state index < -0.39 is 29.4 Å². The van der Waals surface area contributed by atoms with Crippen molar-refractivity contribution in [2.24, 2.45) is 11.8 Å². The molecule has 2 heterocycles. The number of hydrogen-bond acceptors (Lipinski definition) is 5. The molecule has 6 heteroatoms. The lowest BCUT2D eigenvalue weighted by Gasteiger charge is -2.28. The first-order valence-electron chi connectivity index (χ1n) is 9.65. The van der Waals surface area contributed by atoms with Gasteiger partial charge in [-0.05, 0) is 38.5 Å². The third-order valence-corrected chi connectivity index (χ3v) is 6.09. The molecule has 0 aromatic heterocycles. The van der Waals surface area contributed by atoms with Gasteiger partial charge in [-0.15, -0.1) is 0 Å². The minimum Gasteiger partial charge on any atom is -0.468 e. The number of aryl methyl sites for hydroxylation is 2. The van der Waals surface area contributed by atoms with Gasteiger partial charge in [0.15, 0.2) is 0 Å². The zero-order chi connectivity index (χ0) is 20.9. The molecule has 150 valence electrons. The van der Waals surface area contributed by atoms with Gasteiger partial charge in [0, 0.05) is 6.04 Å². The second-order valence-corrected chi connectivity index (χ2v) is 8.08. The summed E-state index contributed by atoms with van der Waals surface area (Å²) >= 11 is 0. The molecule has 2 aliphatic heterocycles. The number of fused-ring (bicyclic) bond motifs is 1. The molecule has 6 nitrogen and oxygen atoms in total. The number of hydrogen-bond donors (Lipinski definition) is 1. The predicted octanol–water partition coefficient (Wildman–Crippen LogP) is 2.69. The Balaban J connectivity index is 1.83. The average molecular weight is 392 g/mol. The summed E-state index contributed by atoms with van der Waals surface area (Å²) in [6.45, 7) is 5.56. The van der Waals surface area contributed by atoms with Crippen LogP contribution in [-0.4, -0.2) is 30.4 Å². The van der Waals surface area contributed by atoms with Crippen molar-refractivity contribution < 1.29 is 19.1 Å². The number of carbonyl (C=O) groups is 3. The topological polar surface area (TPSA) is 75.7 Å². The van der Waals surface area contributed by atoms with Gasteiger partial charge in [0.1, 0.15) is 5.54 Å². The number of nitrogens with zero attached hydrogens (tertiary/aromatic N) is 1. The van der Waals surface area contributed by atoms with Crippen LogP contribution in [0.4, 0.5) is 5.69 Å². The average Bonchev–Trinajstić information content (AvgIpc) is 3.16. The molecule has 1 N–H and O–H groups in total. The van der Waals surface area contributed by atoms with Crippen LogP contribution >= 0.6 is 0 Å². The molecular formula is C23H24N2O4. The minimum absolute atomic E-state index is 0.296. The molecule has 4 rings (SSSR count). The zero-order valence-corrected chi connectivity index (χ0v) is 16.9. The molecule has 0 radical (unpaired) electrons. The van der Waals surface area contributed by atoms with Crippen LogP contribution in [0.25, 0.3) is 0 Å². The third kappa shape index (κ3) is 2.86. The molecule has 2 aromatic carbocycles. The maximum atomic E-state index is 13.5. The summed E-state index contributed by atoms with van der Waals surface area (Å²) in [5.41, 5.74) is 2.18. The van der Waals surface area contributed by atoms with E-state index in [4.69, 9.17) is 4.74 Å². The summed E-state index contributed by atoms with van der Waals surface area (Å²) in [7, 11) is 1.29. The number of methoxy groups -OCH3 is 1. The standard InChI is InChI=1S/C23H24N2O4/c1-13-8-10-16(11-9-13)25-20(26)17-18(21(25)27)23(3,22(28)29-4)24-19(17)15-7-5-6-14(2)12-15/h5-12,17-19,24H,1-4H3/t17-,18+,19-,23-/m1/s1. The van der Waals surface area contributed by atoms with Gasteiger partial charge in [-0.25, -0.2) is 4.90 Å². The van der Waals surface area contributed by atoms with Crippen molar-refractivity contribution in [3.05, 3.63) is 65.2 Å². The number of benzene rings is 2. The Hall–Kier alpha value is -2.99. The van der Waals surface area contributed by atoms with Crippen molar-refractivity contribution in [3.8, 4) is 0 Å². The van der Waals surface area contributed by atoms with Crippen molar-refractivity contribution in [1.29, 1.82) is 0 Å². The number of rotatable bonds is 3. The van der Waals surface area contributed by atoms with Gasteiger partial charge >= 0.3 is 5.97 Å². The molecule has 2 aliphatic rings. The highest BCUT2D eigenvalue weighted by Gasteiger charge is 2.67. The highest BCUT2D eigenvalue weighted by molar-refractivity contribution is 6.24. The summed E-state index contributed by atoms with van der Waals surface area (Å²) in [4.78, 5) is 40.8.